The van der Waals surface area contributed by atoms with Crippen molar-refractivity contribution < 1.29 is 14.6 Å². The van der Waals surface area contributed by atoms with Crippen LogP contribution in [0.3, 0.4) is 0 Å². The zero-order valence-electron chi connectivity index (χ0n) is 14.0. The third-order valence-electron chi connectivity index (χ3n) is 5.71. The molecule has 5 nitrogen and oxygen atoms in total. The Balaban J connectivity index is 1.45. The first-order chi connectivity index (χ1) is 11.7. The van der Waals surface area contributed by atoms with Gasteiger partial charge in [-0.15, -0.1) is 0 Å². The third kappa shape index (κ3) is 3.09. The predicted octanol–water partition coefficient (Wildman–Crippen LogP) is 2.89. The lowest BCUT2D eigenvalue weighted by molar-refractivity contribution is -0.0356. The van der Waals surface area contributed by atoms with E-state index in [9.17, 15) is 9.90 Å². The van der Waals surface area contributed by atoms with Crippen LogP contribution in [0.4, 0.5) is 4.79 Å². The Morgan fingerprint density at radius 2 is 2.12 bits per heavy atom. The van der Waals surface area contributed by atoms with Gasteiger partial charge in [-0.2, -0.15) is 0 Å². The summed E-state index contributed by atoms with van der Waals surface area (Å²) in [7, 11) is 0. The molecule has 0 unspecified atom stereocenters. The molecule has 1 aromatic rings. The fraction of sp³-hybridized carbons (Fsp3) is 0.632. The van der Waals surface area contributed by atoms with Gasteiger partial charge in [-0.25, -0.2) is 4.79 Å². The molecule has 0 radical (unpaired) electrons. The molecule has 2 atom stereocenters. The summed E-state index contributed by atoms with van der Waals surface area (Å²) in [4.78, 5) is 12.5. The van der Waals surface area contributed by atoms with E-state index in [2.05, 4.69) is 10.6 Å². The molecule has 2 amide bonds. The van der Waals surface area contributed by atoms with Crippen molar-refractivity contribution in [1.82, 2.24) is 10.6 Å². The number of amides is 2. The van der Waals surface area contributed by atoms with E-state index in [4.69, 9.17) is 4.74 Å². The fourth-order valence-electron chi connectivity index (χ4n) is 4.06. The number of ether oxygens (including phenoxy) is 1. The summed E-state index contributed by atoms with van der Waals surface area (Å²) in [5.41, 5.74) is 0.975. The highest BCUT2D eigenvalue weighted by Gasteiger charge is 2.46. The summed E-state index contributed by atoms with van der Waals surface area (Å²) in [6.07, 6.45) is 7.09. The molecular formula is C19H26N2O3. The van der Waals surface area contributed by atoms with Crippen molar-refractivity contribution in [2.24, 2.45) is 5.92 Å². The van der Waals surface area contributed by atoms with Crippen molar-refractivity contribution in [3.8, 4) is 5.75 Å². The number of para-hydroxylation sites is 1. The predicted molar refractivity (Wildman–Crippen MR) is 90.9 cm³/mol. The smallest absolute Gasteiger partial charge is 0.315 e. The van der Waals surface area contributed by atoms with Crippen molar-refractivity contribution in [3.05, 3.63) is 29.8 Å². The van der Waals surface area contributed by atoms with Crippen LogP contribution in [0.1, 0.15) is 56.6 Å². The van der Waals surface area contributed by atoms with Crippen LogP contribution in [-0.4, -0.2) is 29.4 Å². The van der Waals surface area contributed by atoms with E-state index in [1.807, 2.05) is 24.3 Å². The monoisotopic (exact) mass is 330 g/mol. The van der Waals surface area contributed by atoms with E-state index in [0.29, 0.717) is 12.3 Å². The molecular weight excluding hydrogens is 304 g/mol. The van der Waals surface area contributed by atoms with Crippen molar-refractivity contribution in [1.29, 1.82) is 0 Å². The number of aliphatic hydroxyl groups excluding tert-OH is 1. The van der Waals surface area contributed by atoms with Crippen molar-refractivity contribution in [2.75, 3.05) is 6.61 Å². The average molecular weight is 330 g/mol. The van der Waals surface area contributed by atoms with Crippen LogP contribution >= 0.6 is 0 Å². The van der Waals surface area contributed by atoms with Crippen LogP contribution in [-0.2, 0) is 0 Å². The molecule has 130 valence electrons. The van der Waals surface area contributed by atoms with Crippen LogP contribution in [0.25, 0.3) is 0 Å². The van der Waals surface area contributed by atoms with Gasteiger partial charge in [0.25, 0.3) is 0 Å². The van der Waals surface area contributed by atoms with E-state index in [1.165, 1.54) is 6.42 Å². The van der Waals surface area contributed by atoms with Gasteiger partial charge in [0, 0.05) is 24.6 Å². The fourth-order valence-corrected chi connectivity index (χ4v) is 4.06. The van der Waals surface area contributed by atoms with E-state index in [1.54, 1.807) is 0 Å². The third-order valence-corrected chi connectivity index (χ3v) is 5.71. The maximum Gasteiger partial charge on any atom is 0.315 e. The number of hydrogen-bond donors (Lipinski definition) is 3. The lowest BCUT2D eigenvalue weighted by Gasteiger charge is -2.48. The maximum atomic E-state index is 12.5. The molecule has 0 bridgehead atoms. The minimum absolute atomic E-state index is 0.00997. The van der Waals surface area contributed by atoms with Gasteiger partial charge in [-0.05, 0) is 50.5 Å². The van der Waals surface area contributed by atoms with Crippen LogP contribution in [0, 0.1) is 5.92 Å². The Morgan fingerprint density at radius 3 is 2.79 bits per heavy atom. The van der Waals surface area contributed by atoms with Gasteiger partial charge in [0.1, 0.15) is 11.4 Å². The van der Waals surface area contributed by atoms with Gasteiger partial charge in [-0.1, -0.05) is 18.2 Å². The second-order valence-corrected chi connectivity index (χ2v) is 7.51. The van der Waals surface area contributed by atoms with Crippen LogP contribution in [0.15, 0.2) is 24.3 Å². The van der Waals surface area contributed by atoms with E-state index in [-0.39, 0.29) is 30.3 Å². The lowest BCUT2D eigenvalue weighted by Crippen LogP contribution is -2.52. The molecule has 1 spiro atoms. The molecule has 2 fully saturated rings. The average Bonchev–Trinajstić information content (AvgIpc) is 3.37. The normalized spacial score (nSPS) is 25.1. The highest BCUT2D eigenvalue weighted by molar-refractivity contribution is 5.75. The first kappa shape index (κ1) is 15.8. The van der Waals surface area contributed by atoms with Crippen molar-refractivity contribution in [2.45, 2.75) is 62.6 Å². The zero-order chi connectivity index (χ0) is 16.6. The number of rotatable bonds is 5. The first-order valence-corrected chi connectivity index (χ1v) is 9.15. The quantitative estimate of drug-likeness (QED) is 0.777. The summed E-state index contributed by atoms with van der Waals surface area (Å²) >= 11 is 0. The molecule has 5 heteroatoms. The van der Waals surface area contributed by atoms with Gasteiger partial charge in [0.15, 0.2) is 0 Å². The number of benzene rings is 1. The summed E-state index contributed by atoms with van der Waals surface area (Å²) in [5, 5.41) is 15.4. The molecule has 4 rings (SSSR count). The van der Waals surface area contributed by atoms with E-state index >= 15 is 0 Å². The Morgan fingerprint density at radius 1 is 1.33 bits per heavy atom. The number of fused-ring (bicyclic) bond motifs is 1. The second-order valence-electron chi connectivity index (χ2n) is 7.51. The number of carbonyl (C=O) groups excluding carboxylic acids is 1. The molecule has 0 aromatic heterocycles. The Kier molecular flexibility index (Phi) is 4.12. The second kappa shape index (κ2) is 6.28. The van der Waals surface area contributed by atoms with Crippen LogP contribution in [0.2, 0.25) is 0 Å². The Labute approximate surface area is 142 Å². The van der Waals surface area contributed by atoms with E-state index < -0.39 is 0 Å². The number of aliphatic hydroxyl groups is 1. The van der Waals surface area contributed by atoms with Crippen molar-refractivity contribution in [3.63, 3.8) is 0 Å². The van der Waals surface area contributed by atoms with E-state index in [0.717, 1.165) is 43.4 Å². The SMILES string of the molecule is O=C(N[C@H]1CC2(CCC2)Oc2ccccc21)N[C@H](CCO)C1CC1. The topological polar surface area (TPSA) is 70.6 Å². The molecule has 1 aromatic carbocycles. The summed E-state index contributed by atoms with van der Waals surface area (Å²) in [6.45, 7) is 0.116. The highest BCUT2D eigenvalue weighted by atomic mass is 16.5. The molecule has 2 aliphatic carbocycles. The lowest BCUT2D eigenvalue weighted by atomic mass is 9.73. The molecule has 3 aliphatic rings. The molecule has 24 heavy (non-hydrogen) atoms. The largest absolute Gasteiger partial charge is 0.487 e. The van der Waals surface area contributed by atoms with Gasteiger partial charge in [0.05, 0.1) is 6.04 Å². The Hall–Kier alpha value is -1.75. The molecule has 1 heterocycles. The van der Waals surface area contributed by atoms with Crippen LogP contribution < -0.4 is 15.4 Å². The number of hydrogen-bond acceptors (Lipinski definition) is 3. The summed E-state index contributed by atoms with van der Waals surface area (Å²) < 4.78 is 6.23. The number of carbonyl (C=O) groups is 1. The van der Waals surface area contributed by atoms with Gasteiger partial charge >= 0.3 is 6.03 Å². The number of urea groups is 1. The maximum absolute atomic E-state index is 12.5. The summed E-state index contributed by atoms with van der Waals surface area (Å²) in [5.74, 6) is 1.44. The molecule has 1 aliphatic heterocycles. The molecule has 2 saturated carbocycles. The van der Waals surface area contributed by atoms with Gasteiger partial charge in [0.2, 0.25) is 0 Å². The highest BCUT2D eigenvalue weighted by Crippen LogP contribution is 2.48. The van der Waals surface area contributed by atoms with Gasteiger partial charge < -0.3 is 20.5 Å². The van der Waals surface area contributed by atoms with Gasteiger partial charge in [-0.3, -0.25) is 0 Å². The molecule has 3 N–H and O–H groups in total. The first-order valence-electron chi connectivity index (χ1n) is 9.15. The zero-order valence-corrected chi connectivity index (χ0v) is 14.0. The van der Waals surface area contributed by atoms with Crippen LogP contribution in [0.5, 0.6) is 5.75 Å². The summed E-state index contributed by atoms with van der Waals surface area (Å²) in [6, 6.07) is 7.96. The molecule has 0 saturated heterocycles. The minimum Gasteiger partial charge on any atom is -0.487 e. The minimum atomic E-state index is -0.128. The number of nitrogens with one attached hydrogen (secondary N) is 2. The standard InChI is InChI=1S/C19H26N2O3/c22-11-8-15(13-6-7-13)20-18(23)21-16-12-19(9-3-10-19)24-17-5-2-1-4-14(16)17/h1-2,4-5,13,15-16,22H,3,6-12H2,(H2,20,21,23)/t15-,16+/m1/s1. The Bertz CT molecular complexity index is 610. The van der Waals surface area contributed by atoms with Crippen molar-refractivity contribution >= 4 is 6.03 Å².